The van der Waals surface area contributed by atoms with E-state index in [0.717, 1.165) is 77.0 Å². The lowest BCUT2D eigenvalue weighted by atomic mass is 10.00. The van der Waals surface area contributed by atoms with Gasteiger partial charge in [-0.25, -0.2) is 4.98 Å². The molecule has 0 fully saturated rings. The van der Waals surface area contributed by atoms with Crippen LogP contribution < -0.4 is 0 Å². The topological polar surface area (TPSA) is 51.8 Å². The van der Waals surface area contributed by atoms with E-state index < -0.39 is 0 Å². The summed E-state index contributed by atoms with van der Waals surface area (Å²) < 4.78 is 6.14. The van der Waals surface area contributed by atoms with Crippen LogP contribution in [0.4, 0.5) is 0 Å². The average Bonchev–Trinajstić information content (AvgIpc) is 3.32. The number of aromatic nitrogens is 3. The first-order chi connectivity index (χ1) is 18.3. The maximum absolute atomic E-state index is 6.14. The van der Waals surface area contributed by atoms with E-state index in [4.69, 9.17) is 9.40 Å². The van der Waals surface area contributed by atoms with Crippen LogP contribution in [-0.4, -0.2) is 15.0 Å². The minimum absolute atomic E-state index is 0.859. The van der Waals surface area contributed by atoms with Gasteiger partial charge in [0.15, 0.2) is 0 Å². The molecular weight excluding hydrogens is 454 g/mol. The number of hydrogen-bond acceptors (Lipinski definition) is 4. The molecule has 4 heteroatoms. The normalized spacial score (nSPS) is 11.8. The summed E-state index contributed by atoms with van der Waals surface area (Å²) in [6.45, 7) is 0. The minimum Gasteiger partial charge on any atom is -0.456 e. The van der Waals surface area contributed by atoms with Gasteiger partial charge in [0.1, 0.15) is 11.2 Å². The number of pyridine rings is 3. The Morgan fingerprint density at radius 3 is 2.08 bits per heavy atom. The molecule has 0 N–H and O–H groups in total. The van der Waals surface area contributed by atoms with Crippen LogP contribution in [0, 0.1) is 0 Å². The van der Waals surface area contributed by atoms with Crippen LogP contribution in [0.2, 0.25) is 0 Å². The van der Waals surface area contributed by atoms with Gasteiger partial charge in [0.2, 0.25) is 0 Å². The van der Waals surface area contributed by atoms with E-state index in [9.17, 15) is 0 Å². The number of benzene rings is 4. The molecule has 0 unspecified atom stereocenters. The molecule has 4 aromatic heterocycles. The molecule has 8 aromatic rings. The SMILES string of the molecule is c1cnc2cc3oc4ccc(-c5ccc(-c6ccc7ccc8cccnc8c7n6)cc5)cc4c3cc2c1. The molecule has 0 spiro atoms. The molecule has 0 atom stereocenters. The first kappa shape index (κ1) is 20.1. The molecule has 0 aliphatic carbocycles. The lowest BCUT2D eigenvalue weighted by Crippen LogP contribution is -1.88. The number of furan rings is 1. The Morgan fingerprint density at radius 1 is 0.486 bits per heavy atom. The van der Waals surface area contributed by atoms with Crippen molar-refractivity contribution in [2.24, 2.45) is 0 Å². The number of rotatable bonds is 2. The second kappa shape index (κ2) is 7.70. The van der Waals surface area contributed by atoms with Gasteiger partial charge in [-0.05, 0) is 47.5 Å². The zero-order chi connectivity index (χ0) is 24.3. The van der Waals surface area contributed by atoms with Crippen molar-refractivity contribution in [2.75, 3.05) is 0 Å². The van der Waals surface area contributed by atoms with Crippen molar-refractivity contribution in [2.45, 2.75) is 0 Å². The molecule has 0 saturated heterocycles. The van der Waals surface area contributed by atoms with Crippen molar-refractivity contribution in [1.82, 2.24) is 15.0 Å². The summed E-state index contributed by atoms with van der Waals surface area (Å²) in [5, 5.41) is 5.52. The van der Waals surface area contributed by atoms with Crippen molar-refractivity contribution in [1.29, 1.82) is 0 Å². The smallest absolute Gasteiger partial charge is 0.137 e. The van der Waals surface area contributed by atoms with Gasteiger partial charge in [-0.2, -0.15) is 0 Å². The fraction of sp³-hybridized carbons (Fsp3) is 0. The van der Waals surface area contributed by atoms with Crippen LogP contribution in [0.1, 0.15) is 0 Å². The number of hydrogen-bond donors (Lipinski definition) is 0. The predicted molar refractivity (Wildman–Crippen MR) is 150 cm³/mol. The summed E-state index contributed by atoms with van der Waals surface area (Å²) in [6.07, 6.45) is 3.63. The van der Waals surface area contributed by atoms with Gasteiger partial charge in [0, 0.05) is 51.0 Å². The van der Waals surface area contributed by atoms with E-state index in [2.05, 4.69) is 94.9 Å². The van der Waals surface area contributed by atoms with Crippen molar-refractivity contribution >= 4 is 54.6 Å². The summed E-state index contributed by atoms with van der Waals surface area (Å²) in [6, 6.07) is 35.7. The highest BCUT2D eigenvalue weighted by atomic mass is 16.3. The first-order valence-electron chi connectivity index (χ1n) is 12.3. The third-order valence-corrected chi connectivity index (χ3v) is 7.14. The van der Waals surface area contributed by atoms with Crippen LogP contribution in [0.3, 0.4) is 0 Å². The zero-order valence-electron chi connectivity index (χ0n) is 19.7. The molecule has 4 nitrogen and oxygen atoms in total. The number of nitrogens with zero attached hydrogens (tertiary/aromatic N) is 3. The largest absolute Gasteiger partial charge is 0.456 e. The predicted octanol–water partition coefficient (Wildman–Crippen LogP) is 8.56. The van der Waals surface area contributed by atoms with Crippen LogP contribution in [0.15, 0.2) is 120 Å². The van der Waals surface area contributed by atoms with Gasteiger partial charge >= 0.3 is 0 Å². The lowest BCUT2D eigenvalue weighted by Gasteiger charge is -2.07. The summed E-state index contributed by atoms with van der Waals surface area (Å²) in [5.74, 6) is 0. The van der Waals surface area contributed by atoms with Gasteiger partial charge in [-0.15, -0.1) is 0 Å². The Kier molecular flexibility index (Phi) is 4.19. The maximum atomic E-state index is 6.14. The van der Waals surface area contributed by atoms with E-state index in [1.807, 2.05) is 30.6 Å². The van der Waals surface area contributed by atoms with Crippen molar-refractivity contribution in [3.8, 4) is 22.4 Å². The van der Waals surface area contributed by atoms with Crippen LogP contribution in [0.5, 0.6) is 0 Å². The lowest BCUT2D eigenvalue weighted by molar-refractivity contribution is 0.669. The highest BCUT2D eigenvalue weighted by Gasteiger charge is 2.11. The standard InChI is InChI=1S/C33H19N3O/c1-3-22-9-10-23-11-13-28(36-33(23)32(22)35-16-1)21-7-5-20(6-8-21)24-12-14-30-26(17-24)27-18-25-4-2-15-34-29(25)19-31(27)37-30/h1-19H. The fourth-order valence-electron chi connectivity index (χ4n) is 5.24. The van der Waals surface area contributed by atoms with Crippen LogP contribution >= 0.6 is 0 Å². The summed E-state index contributed by atoms with van der Waals surface area (Å²) in [5.41, 5.74) is 8.86. The Morgan fingerprint density at radius 2 is 1.19 bits per heavy atom. The fourth-order valence-corrected chi connectivity index (χ4v) is 5.24. The zero-order valence-corrected chi connectivity index (χ0v) is 19.7. The molecule has 0 amide bonds. The second-order valence-corrected chi connectivity index (χ2v) is 9.34. The molecule has 4 aromatic carbocycles. The molecule has 172 valence electrons. The molecule has 4 heterocycles. The van der Waals surface area contributed by atoms with Crippen molar-refractivity contribution in [3.05, 3.63) is 116 Å². The molecule has 0 bridgehead atoms. The van der Waals surface area contributed by atoms with E-state index in [1.54, 1.807) is 0 Å². The second-order valence-electron chi connectivity index (χ2n) is 9.34. The molecule has 37 heavy (non-hydrogen) atoms. The van der Waals surface area contributed by atoms with Gasteiger partial charge in [-0.3, -0.25) is 9.97 Å². The van der Waals surface area contributed by atoms with Gasteiger partial charge < -0.3 is 4.42 Å². The van der Waals surface area contributed by atoms with Crippen molar-refractivity contribution in [3.63, 3.8) is 0 Å². The summed E-state index contributed by atoms with van der Waals surface area (Å²) in [4.78, 5) is 14.0. The van der Waals surface area contributed by atoms with E-state index in [-0.39, 0.29) is 0 Å². The van der Waals surface area contributed by atoms with Gasteiger partial charge in [0.05, 0.1) is 22.2 Å². The average molecular weight is 474 g/mol. The molecule has 0 radical (unpaired) electrons. The number of fused-ring (bicyclic) bond motifs is 7. The monoisotopic (exact) mass is 473 g/mol. The molecule has 0 aliphatic rings. The third kappa shape index (κ3) is 3.20. The third-order valence-electron chi connectivity index (χ3n) is 7.14. The molecule has 0 aliphatic heterocycles. The highest BCUT2D eigenvalue weighted by molar-refractivity contribution is 6.10. The van der Waals surface area contributed by atoms with E-state index >= 15 is 0 Å². The van der Waals surface area contributed by atoms with E-state index in [1.165, 1.54) is 0 Å². The molecular formula is C33H19N3O. The Labute approximate surface area is 211 Å². The quantitative estimate of drug-likeness (QED) is 0.236. The molecule has 8 rings (SSSR count). The summed E-state index contributed by atoms with van der Waals surface area (Å²) in [7, 11) is 0. The minimum atomic E-state index is 0.859. The Hall–Kier alpha value is -5.09. The summed E-state index contributed by atoms with van der Waals surface area (Å²) >= 11 is 0. The van der Waals surface area contributed by atoms with Gasteiger partial charge in [-0.1, -0.05) is 60.7 Å². The highest BCUT2D eigenvalue weighted by Crippen LogP contribution is 2.35. The van der Waals surface area contributed by atoms with Crippen molar-refractivity contribution < 1.29 is 4.42 Å². The Bertz CT molecular complexity index is 2140. The van der Waals surface area contributed by atoms with Crippen LogP contribution in [0.25, 0.3) is 77.0 Å². The van der Waals surface area contributed by atoms with Crippen LogP contribution in [-0.2, 0) is 0 Å². The molecule has 0 saturated carbocycles. The first-order valence-corrected chi connectivity index (χ1v) is 12.3. The van der Waals surface area contributed by atoms with E-state index in [0.29, 0.717) is 0 Å². The maximum Gasteiger partial charge on any atom is 0.137 e. The van der Waals surface area contributed by atoms with Gasteiger partial charge in [0.25, 0.3) is 0 Å². The Balaban J connectivity index is 1.21.